The number of nitro benzene ring substituents is 1. The van der Waals surface area contributed by atoms with Crippen LogP contribution in [0.15, 0.2) is 18.2 Å². The van der Waals surface area contributed by atoms with Gasteiger partial charge in [-0.25, -0.2) is 0 Å². The number of ether oxygens (including phenoxy) is 1. The first-order valence-electron chi connectivity index (χ1n) is 5.22. The Kier molecular flexibility index (Phi) is 5.68. The quantitative estimate of drug-likeness (QED) is 0.574. The minimum atomic E-state index is -0.606. The molecule has 0 saturated carbocycles. The molecule has 0 spiro atoms. The van der Waals surface area contributed by atoms with Crippen LogP contribution >= 0.6 is 23.2 Å². The van der Waals surface area contributed by atoms with Gasteiger partial charge in [0.1, 0.15) is 10.0 Å². The van der Waals surface area contributed by atoms with Gasteiger partial charge < -0.3 is 4.74 Å². The summed E-state index contributed by atoms with van der Waals surface area (Å²) in [7, 11) is 0. The highest BCUT2D eigenvalue weighted by Crippen LogP contribution is 2.31. The van der Waals surface area contributed by atoms with Crippen molar-refractivity contribution in [2.24, 2.45) is 0 Å². The Hall–Kier alpha value is -0.840. The van der Waals surface area contributed by atoms with Gasteiger partial charge in [-0.3, -0.25) is 10.1 Å². The molecule has 1 saturated heterocycles. The van der Waals surface area contributed by atoms with Crippen molar-refractivity contribution >= 4 is 28.9 Å². The Morgan fingerprint density at radius 1 is 1.41 bits per heavy atom. The lowest BCUT2D eigenvalue weighted by atomic mass is 10.3. The molecule has 0 amide bonds. The largest absolute Gasteiger partial charge is 0.379 e. The van der Waals surface area contributed by atoms with E-state index in [0.29, 0.717) is 6.10 Å². The normalized spacial score (nSPS) is 18.4. The van der Waals surface area contributed by atoms with E-state index in [2.05, 4.69) is 6.92 Å². The molecule has 2 rings (SSSR count). The molecule has 0 aliphatic carbocycles. The van der Waals surface area contributed by atoms with Crippen LogP contribution in [0.2, 0.25) is 10.0 Å². The van der Waals surface area contributed by atoms with E-state index in [-0.39, 0.29) is 15.7 Å². The zero-order valence-corrected chi connectivity index (χ0v) is 10.9. The van der Waals surface area contributed by atoms with Crippen LogP contribution in [0.4, 0.5) is 5.69 Å². The van der Waals surface area contributed by atoms with Crippen LogP contribution < -0.4 is 0 Å². The van der Waals surface area contributed by atoms with E-state index in [1.807, 2.05) is 0 Å². The molecular formula is C11H13Cl2NO3. The predicted octanol–water partition coefficient (Wildman–Crippen LogP) is 4.09. The molecule has 1 aliphatic heterocycles. The van der Waals surface area contributed by atoms with Crippen molar-refractivity contribution < 1.29 is 9.66 Å². The Morgan fingerprint density at radius 3 is 2.24 bits per heavy atom. The van der Waals surface area contributed by atoms with Gasteiger partial charge in [0.2, 0.25) is 0 Å². The highest BCUT2D eigenvalue weighted by molar-refractivity contribution is 6.38. The number of benzene rings is 1. The summed E-state index contributed by atoms with van der Waals surface area (Å²) in [5.41, 5.74) is -0.240. The summed E-state index contributed by atoms with van der Waals surface area (Å²) in [5, 5.41) is 10.4. The monoisotopic (exact) mass is 277 g/mol. The zero-order chi connectivity index (χ0) is 12.8. The molecule has 1 aliphatic rings. The molecule has 17 heavy (non-hydrogen) atoms. The molecule has 1 atom stereocenters. The van der Waals surface area contributed by atoms with Gasteiger partial charge in [0.15, 0.2) is 0 Å². The molecule has 0 aromatic heterocycles. The molecule has 4 nitrogen and oxygen atoms in total. The molecular weight excluding hydrogens is 265 g/mol. The van der Waals surface area contributed by atoms with Gasteiger partial charge in [-0.05, 0) is 31.9 Å². The fourth-order valence-corrected chi connectivity index (χ4v) is 1.94. The molecule has 0 radical (unpaired) electrons. The second kappa shape index (κ2) is 6.79. The Bertz CT molecular complexity index is 372. The van der Waals surface area contributed by atoms with Gasteiger partial charge >= 0.3 is 5.69 Å². The molecule has 0 N–H and O–H groups in total. The maximum atomic E-state index is 10.3. The molecule has 1 aromatic rings. The highest BCUT2D eigenvalue weighted by atomic mass is 35.5. The number of para-hydroxylation sites is 1. The van der Waals surface area contributed by atoms with Crippen molar-refractivity contribution in [1.29, 1.82) is 0 Å². The van der Waals surface area contributed by atoms with E-state index in [1.54, 1.807) is 6.07 Å². The Morgan fingerprint density at radius 2 is 2.00 bits per heavy atom. The maximum absolute atomic E-state index is 10.3. The summed E-state index contributed by atoms with van der Waals surface area (Å²) in [6.45, 7) is 3.11. The van der Waals surface area contributed by atoms with Crippen LogP contribution in [0.25, 0.3) is 0 Å². The number of halogens is 2. The maximum Gasteiger partial charge on any atom is 0.306 e. The summed E-state index contributed by atoms with van der Waals surface area (Å²) in [6.07, 6.45) is 3.08. The number of nitro groups is 1. The van der Waals surface area contributed by atoms with E-state index >= 15 is 0 Å². The summed E-state index contributed by atoms with van der Waals surface area (Å²) >= 11 is 11.0. The lowest BCUT2D eigenvalue weighted by Gasteiger charge is -1.95. The average molecular weight is 278 g/mol. The van der Waals surface area contributed by atoms with Crippen molar-refractivity contribution in [1.82, 2.24) is 0 Å². The number of rotatable bonds is 1. The zero-order valence-electron chi connectivity index (χ0n) is 9.36. The molecule has 1 aromatic carbocycles. The first-order chi connectivity index (χ1) is 8.02. The Labute approximate surface area is 110 Å². The third-order valence-electron chi connectivity index (χ3n) is 2.28. The van der Waals surface area contributed by atoms with Gasteiger partial charge in [-0.2, -0.15) is 0 Å². The lowest BCUT2D eigenvalue weighted by Crippen LogP contribution is -1.94. The molecule has 94 valence electrons. The van der Waals surface area contributed by atoms with Crippen molar-refractivity contribution in [3.63, 3.8) is 0 Å². The minimum Gasteiger partial charge on any atom is -0.379 e. The third-order valence-corrected chi connectivity index (χ3v) is 2.89. The second-order valence-electron chi connectivity index (χ2n) is 3.65. The summed E-state index contributed by atoms with van der Waals surface area (Å²) in [4.78, 5) is 9.67. The fraction of sp³-hybridized carbons (Fsp3) is 0.455. The van der Waals surface area contributed by atoms with E-state index < -0.39 is 4.92 Å². The third kappa shape index (κ3) is 4.50. The first kappa shape index (κ1) is 14.2. The van der Waals surface area contributed by atoms with E-state index in [9.17, 15) is 10.1 Å². The van der Waals surface area contributed by atoms with Crippen molar-refractivity contribution in [3.8, 4) is 0 Å². The van der Waals surface area contributed by atoms with E-state index in [0.717, 1.165) is 6.61 Å². The Balaban J connectivity index is 0.000000202. The van der Waals surface area contributed by atoms with Gasteiger partial charge in [-0.15, -0.1) is 0 Å². The SMILES string of the molecule is CC1CCCO1.O=[N+]([O-])c1c(Cl)cccc1Cl. The molecule has 1 fully saturated rings. The van der Waals surface area contributed by atoms with E-state index in [1.165, 1.54) is 25.0 Å². The first-order valence-corrected chi connectivity index (χ1v) is 5.98. The van der Waals surface area contributed by atoms with Crippen LogP contribution in [-0.2, 0) is 4.74 Å². The molecule has 0 bridgehead atoms. The van der Waals surface area contributed by atoms with Crippen LogP contribution in [0.5, 0.6) is 0 Å². The smallest absolute Gasteiger partial charge is 0.306 e. The topological polar surface area (TPSA) is 52.4 Å². The standard InChI is InChI=1S/C6H3Cl2NO2.C5H10O/c7-4-2-1-3-5(8)6(4)9(10)11;1-5-3-2-4-6-5/h1-3H;5H,2-4H2,1H3. The van der Waals surface area contributed by atoms with Crippen LogP contribution in [-0.4, -0.2) is 17.6 Å². The highest BCUT2D eigenvalue weighted by Gasteiger charge is 2.15. The molecule has 1 heterocycles. The summed E-state index contributed by atoms with van der Waals surface area (Å²) in [5.74, 6) is 0. The van der Waals surface area contributed by atoms with Gasteiger partial charge in [0.25, 0.3) is 0 Å². The van der Waals surface area contributed by atoms with Gasteiger partial charge in [0.05, 0.1) is 11.0 Å². The molecule has 6 heteroatoms. The summed E-state index contributed by atoms with van der Waals surface area (Å²) < 4.78 is 5.15. The lowest BCUT2D eigenvalue weighted by molar-refractivity contribution is -0.384. The fourth-order valence-electron chi connectivity index (χ4n) is 1.40. The van der Waals surface area contributed by atoms with Gasteiger partial charge in [-0.1, -0.05) is 29.3 Å². The van der Waals surface area contributed by atoms with Crippen LogP contribution in [0.1, 0.15) is 19.8 Å². The minimum absolute atomic E-state index is 0.0579. The number of hydrogen-bond donors (Lipinski definition) is 0. The van der Waals surface area contributed by atoms with Gasteiger partial charge in [0, 0.05) is 6.61 Å². The van der Waals surface area contributed by atoms with Crippen molar-refractivity contribution in [2.75, 3.05) is 6.61 Å². The van der Waals surface area contributed by atoms with Crippen LogP contribution in [0, 0.1) is 10.1 Å². The van der Waals surface area contributed by atoms with Crippen molar-refractivity contribution in [2.45, 2.75) is 25.9 Å². The molecule has 1 unspecified atom stereocenters. The number of hydrogen-bond acceptors (Lipinski definition) is 3. The number of nitrogens with zero attached hydrogens (tertiary/aromatic N) is 1. The van der Waals surface area contributed by atoms with Crippen molar-refractivity contribution in [3.05, 3.63) is 38.4 Å². The average Bonchev–Trinajstić information content (AvgIpc) is 2.69. The van der Waals surface area contributed by atoms with Crippen LogP contribution in [0.3, 0.4) is 0 Å². The predicted molar refractivity (Wildman–Crippen MR) is 67.8 cm³/mol. The van der Waals surface area contributed by atoms with E-state index in [4.69, 9.17) is 27.9 Å². The summed E-state index contributed by atoms with van der Waals surface area (Å²) in [6, 6.07) is 4.40. The second-order valence-corrected chi connectivity index (χ2v) is 4.47.